The quantitative estimate of drug-likeness (QED) is 0.619. The van der Waals surface area contributed by atoms with E-state index in [-0.39, 0.29) is 11.6 Å². The number of halogens is 3. The average Bonchev–Trinajstić information content (AvgIpc) is 2.66. The van der Waals surface area contributed by atoms with Gasteiger partial charge in [-0.3, -0.25) is 0 Å². The summed E-state index contributed by atoms with van der Waals surface area (Å²) in [5, 5.41) is 5.71. The number of anilines is 3. The Morgan fingerprint density at radius 1 is 1.00 bits per heavy atom. The number of hydrogen-bond acceptors (Lipinski definition) is 5. The molecule has 5 nitrogen and oxygen atoms in total. The Morgan fingerprint density at radius 3 is 2.56 bits per heavy atom. The number of hydrogen-bond donors (Lipinski definition) is 2. The first-order valence-electron chi connectivity index (χ1n) is 8.10. The summed E-state index contributed by atoms with van der Waals surface area (Å²) in [6.45, 7) is 2.18. The van der Waals surface area contributed by atoms with E-state index in [4.69, 9.17) is 4.74 Å². The Labute approximate surface area is 154 Å². The zero-order valence-electron chi connectivity index (χ0n) is 14.7. The van der Waals surface area contributed by atoms with Crippen molar-refractivity contribution < 1.29 is 17.9 Å². The van der Waals surface area contributed by atoms with Gasteiger partial charge in [-0.05, 0) is 25.1 Å². The average molecular weight is 374 g/mol. The summed E-state index contributed by atoms with van der Waals surface area (Å²) in [7, 11) is 1.59. The van der Waals surface area contributed by atoms with E-state index in [9.17, 15) is 13.2 Å². The van der Waals surface area contributed by atoms with Crippen LogP contribution in [-0.2, 0) is 6.54 Å². The van der Waals surface area contributed by atoms with E-state index in [0.29, 0.717) is 18.1 Å². The molecule has 0 radical (unpaired) electrons. The molecule has 0 amide bonds. The molecule has 1 aromatic heterocycles. The fourth-order valence-electron chi connectivity index (χ4n) is 2.49. The van der Waals surface area contributed by atoms with Crippen molar-refractivity contribution in [3.8, 4) is 5.75 Å². The Morgan fingerprint density at radius 2 is 1.78 bits per heavy atom. The molecule has 27 heavy (non-hydrogen) atoms. The van der Waals surface area contributed by atoms with Gasteiger partial charge in [-0.2, -0.15) is 4.98 Å². The van der Waals surface area contributed by atoms with E-state index < -0.39 is 17.5 Å². The smallest absolute Gasteiger partial charge is 0.229 e. The van der Waals surface area contributed by atoms with E-state index in [1.54, 1.807) is 20.1 Å². The molecule has 0 aliphatic heterocycles. The largest absolute Gasteiger partial charge is 0.496 e. The van der Waals surface area contributed by atoms with Crippen molar-refractivity contribution in [2.75, 3.05) is 17.7 Å². The molecular weight excluding hydrogens is 357 g/mol. The minimum atomic E-state index is -1.55. The van der Waals surface area contributed by atoms with E-state index in [2.05, 4.69) is 20.6 Å². The highest BCUT2D eigenvalue weighted by Crippen LogP contribution is 2.23. The van der Waals surface area contributed by atoms with Gasteiger partial charge in [-0.15, -0.1) is 0 Å². The number of methoxy groups -OCH3 is 1. The van der Waals surface area contributed by atoms with Crippen molar-refractivity contribution in [3.63, 3.8) is 0 Å². The van der Waals surface area contributed by atoms with Crippen molar-refractivity contribution in [1.29, 1.82) is 0 Å². The van der Waals surface area contributed by atoms with Gasteiger partial charge in [0.1, 0.15) is 11.6 Å². The maximum atomic E-state index is 13.8. The molecule has 2 aromatic carbocycles. The zero-order valence-corrected chi connectivity index (χ0v) is 14.7. The molecule has 3 rings (SSSR count). The highest BCUT2D eigenvalue weighted by atomic mass is 19.2. The minimum Gasteiger partial charge on any atom is -0.496 e. The highest BCUT2D eigenvalue weighted by Gasteiger charge is 2.14. The number of rotatable bonds is 6. The predicted octanol–water partition coefficient (Wildman–Crippen LogP) is 4.57. The summed E-state index contributed by atoms with van der Waals surface area (Å²) >= 11 is 0. The van der Waals surface area contributed by atoms with Crippen LogP contribution in [0, 0.1) is 24.4 Å². The molecule has 0 unspecified atom stereocenters. The lowest BCUT2D eigenvalue weighted by atomic mass is 10.2. The summed E-state index contributed by atoms with van der Waals surface area (Å²) in [4.78, 5) is 8.38. The Kier molecular flexibility index (Phi) is 5.44. The van der Waals surface area contributed by atoms with Crippen molar-refractivity contribution in [2.24, 2.45) is 0 Å². The summed E-state index contributed by atoms with van der Waals surface area (Å²) in [5.41, 5.74) is 1.28. The van der Waals surface area contributed by atoms with E-state index in [0.717, 1.165) is 23.4 Å². The van der Waals surface area contributed by atoms with Gasteiger partial charge < -0.3 is 15.4 Å². The summed E-state index contributed by atoms with van der Waals surface area (Å²) < 4.78 is 45.6. The van der Waals surface area contributed by atoms with Crippen LogP contribution in [0.3, 0.4) is 0 Å². The van der Waals surface area contributed by atoms with E-state index >= 15 is 0 Å². The molecule has 8 heteroatoms. The highest BCUT2D eigenvalue weighted by molar-refractivity contribution is 5.56. The van der Waals surface area contributed by atoms with Crippen molar-refractivity contribution >= 4 is 17.5 Å². The number of nitrogens with zero attached hydrogens (tertiary/aromatic N) is 2. The summed E-state index contributed by atoms with van der Waals surface area (Å²) in [6.07, 6.45) is 0. The minimum absolute atomic E-state index is 0.0578. The second-order valence-electron chi connectivity index (χ2n) is 5.73. The fraction of sp³-hybridized carbons (Fsp3) is 0.158. The lowest BCUT2D eigenvalue weighted by Crippen LogP contribution is -2.07. The molecule has 0 aliphatic rings. The topological polar surface area (TPSA) is 59.1 Å². The van der Waals surface area contributed by atoms with Crippen LogP contribution in [-0.4, -0.2) is 17.1 Å². The third kappa shape index (κ3) is 4.28. The zero-order chi connectivity index (χ0) is 19.4. The lowest BCUT2D eigenvalue weighted by Gasteiger charge is -2.12. The molecule has 0 saturated carbocycles. The van der Waals surface area contributed by atoms with Gasteiger partial charge in [0.25, 0.3) is 0 Å². The molecule has 0 bridgehead atoms. The fourth-order valence-corrected chi connectivity index (χ4v) is 2.49. The first-order valence-corrected chi connectivity index (χ1v) is 8.10. The second-order valence-corrected chi connectivity index (χ2v) is 5.73. The molecule has 1 heterocycles. The third-order valence-electron chi connectivity index (χ3n) is 3.79. The summed E-state index contributed by atoms with van der Waals surface area (Å²) in [6, 6.07) is 11.1. The molecule has 0 spiro atoms. The van der Waals surface area contributed by atoms with Crippen molar-refractivity contribution in [2.45, 2.75) is 13.5 Å². The molecule has 0 saturated heterocycles. The summed E-state index contributed by atoms with van der Waals surface area (Å²) in [5.74, 6) is -2.87. The Balaban J connectivity index is 1.79. The van der Waals surface area contributed by atoms with Gasteiger partial charge >= 0.3 is 0 Å². The van der Waals surface area contributed by atoms with Crippen LogP contribution in [0.5, 0.6) is 5.75 Å². The van der Waals surface area contributed by atoms with Crippen LogP contribution in [0.1, 0.15) is 11.3 Å². The van der Waals surface area contributed by atoms with Gasteiger partial charge in [0, 0.05) is 23.9 Å². The lowest BCUT2D eigenvalue weighted by molar-refractivity contribution is 0.410. The number of nitrogens with one attached hydrogen (secondary N) is 2. The van der Waals surface area contributed by atoms with Gasteiger partial charge in [0.15, 0.2) is 17.5 Å². The first-order chi connectivity index (χ1) is 13.0. The Hall–Kier alpha value is -3.29. The first kappa shape index (κ1) is 18.5. The van der Waals surface area contributed by atoms with Crippen LogP contribution in [0.25, 0.3) is 0 Å². The molecule has 140 valence electrons. The molecular formula is C19H17F3N4O. The maximum absolute atomic E-state index is 13.8. The van der Waals surface area contributed by atoms with Crippen LogP contribution >= 0.6 is 0 Å². The molecule has 3 aromatic rings. The van der Waals surface area contributed by atoms with Crippen LogP contribution < -0.4 is 15.4 Å². The molecule has 0 aliphatic carbocycles. The normalized spacial score (nSPS) is 10.6. The van der Waals surface area contributed by atoms with Crippen molar-refractivity contribution in [3.05, 3.63) is 71.2 Å². The van der Waals surface area contributed by atoms with Crippen molar-refractivity contribution in [1.82, 2.24) is 9.97 Å². The predicted molar refractivity (Wildman–Crippen MR) is 96.7 cm³/mol. The van der Waals surface area contributed by atoms with Gasteiger partial charge in [-0.25, -0.2) is 18.2 Å². The molecule has 0 fully saturated rings. The SMILES string of the molecule is COc1ccccc1CNc1cc(C)nc(Nc2ccc(F)c(F)c2F)n1. The van der Waals surface area contributed by atoms with E-state index in [1.165, 1.54) is 0 Å². The standard InChI is InChI=1S/C19H17F3N4O/c1-11-9-16(23-10-12-5-3-4-6-15(12)27-2)26-19(24-11)25-14-8-7-13(20)17(21)18(14)22/h3-9H,10H2,1-2H3,(H2,23,24,25,26). The van der Waals surface area contributed by atoms with Gasteiger partial charge in [0.2, 0.25) is 5.95 Å². The second kappa shape index (κ2) is 7.94. The Bertz CT molecular complexity index is 966. The van der Waals surface area contributed by atoms with Crippen LogP contribution in [0.2, 0.25) is 0 Å². The molecule has 2 N–H and O–H groups in total. The number of benzene rings is 2. The maximum Gasteiger partial charge on any atom is 0.229 e. The van der Waals surface area contributed by atoms with Gasteiger partial charge in [-0.1, -0.05) is 18.2 Å². The van der Waals surface area contributed by atoms with E-state index in [1.807, 2.05) is 24.3 Å². The number of aromatic nitrogens is 2. The molecule has 0 atom stereocenters. The van der Waals surface area contributed by atoms with Gasteiger partial charge in [0.05, 0.1) is 12.8 Å². The number of para-hydroxylation sites is 1. The number of aryl methyl sites for hydroxylation is 1. The van der Waals surface area contributed by atoms with Crippen LogP contribution in [0.15, 0.2) is 42.5 Å². The van der Waals surface area contributed by atoms with Crippen LogP contribution in [0.4, 0.5) is 30.6 Å². The third-order valence-corrected chi connectivity index (χ3v) is 3.79. The number of ether oxygens (including phenoxy) is 1. The monoisotopic (exact) mass is 374 g/mol.